The van der Waals surface area contributed by atoms with E-state index in [1.54, 1.807) is 12.0 Å². The van der Waals surface area contributed by atoms with Gasteiger partial charge >= 0.3 is 6.03 Å². The molecule has 190 valence electrons. The standard InChI is InChI=1S/C28H32ClN3O4/c1-6-23-25(29)16-26(32(34)35)24(7-2)27(23)30-28(33)31(17-19-8-14-22(36-5)15-9-19)21-12-10-20(11-13-21)18(3)4/h8-16,18H,6-7,17H2,1-5H3,(H,30,33). The van der Waals surface area contributed by atoms with Gasteiger partial charge in [-0.3, -0.25) is 15.0 Å². The number of urea groups is 1. The number of hydrogen-bond acceptors (Lipinski definition) is 4. The third-order valence-electron chi connectivity index (χ3n) is 6.22. The lowest BCUT2D eigenvalue weighted by atomic mass is 10.0. The van der Waals surface area contributed by atoms with E-state index in [1.165, 1.54) is 6.07 Å². The van der Waals surface area contributed by atoms with Crippen molar-refractivity contribution in [3.63, 3.8) is 0 Å². The first-order valence-corrected chi connectivity index (χ1v) is 12.4. The predicted molar refractivity (Wildman–Crippen MR) is 146 cm³/mol. The minimum Gasteiger partial charge on any atom is -0.497 e. The van der Waals surface area contributed by atoms with Crippen LogP contribution < -0.4 is 15.0 Å². The molecule has 0 bridgehead atoms. The van der Waals surface area contributed by atoms with E-state index in [0.717, 1.165) is 16.9 Å². The molecule has 36 heavy (non-hydrogen) atoms. The number of carbonyl (C=O) groups excluding carboxylic acids is 1. The van der Waals surface area contributed by atoms with Crippen LogP contribution in [0.4, 0.5) is 21.9 Å². The zero-order valence-corrected chi connectivity index (χ0v) is 22.1. The van der Waals surface area contributed by atoms with Crippen LogP contribution in [0.25, 0.3) is 0 Å². The van der Waals surface area contributed by atoms with Crippen LogP contribution >= 0.6 is 11.6 Å². The number of nitro groups is 1. The number of nitrogens with zero attached hydrogens (tertiary/aromatic N) is 2. The van der Waals surface area contributed by atoms with Gasteiger partial charge < -0.3 is 10.1 Å². The SMILES string of the molecule is CCc1c(Cl)cc([N+](=O)[O-])c(CC)c1NC(=O)N(Cc1ccc(OC)cc1)c1ccc(C(C)C)cc1. The fourth-order valence-electron chi connectivity index (χ4n) is 4.15. The number of rotatable bonds is 9. The van der Waals surface area contributed by atoms with Crippen molar-refractivity contribution in [3.05, 3.63) is 92.0 Å². The molecule has 0 aliphatic rings. The highest BCUT2D eigenvalue weighted by Crippen LogP contribution is 2.37. The van der Waals surface area contributed by atoms with Crippen molar-refractivity contribution < 1.29 is 14.5 Å². The third-order valence-corrected chi connectivity index (χ3v) is 6.55. The zero-order valence-electron chi connectivity index (χ0n) is 21.3. The molecule has 0 radical (unpaired) electrons. The summed E-state index contributed by atoms with van der Waals surface area (Å²) >= 11 is 6.41. The molecule has 7 nitrogen and oxygen atoms in total. The van der Waals surface area contributed by atoms with Crippen molar-refractivity contribution >= 4 is 34.7 Å². The van der Waals surface area contributed by atoms with E-state index in [9.17, 15) is 14.9 Å². The topological polar surface area (TPSA) is 84.7 Å². The summed E-state index contributed by atoms with van der Waals surface area (Å²) in [7, 11) is 1.60. The lowest BCUT2D eigenvalue weighted by molar-refractivity contribution is -0.385. The monoisotopic (exact) mass is 509 g/mol. The smallest absolute Gasteiger partial charge is 0.326 e. The van der Waals surface area contributed by atoms with Crippen LogP contribution in [-0.4, -0.2) is 18.1 Å². The van der Waals surface area contributed by atoms with Crippen molar-refractivity contribution in [2.24, 2.45) is 0 Å². The molecule has 1 N–H and O–H groups in total. The second-order valence-corrected chi connectivity index (χ2v) is 9.19. The highest BCUT2D eigenvalue weighted by molar-refractivity contribution is 6.32. The Balaban J connectivity index is 2.06. The number of nitro benzene ring substituents is 1. The Morgan fingerprint density at radius 3 is 2.17 bits per heavy atom. The second kappa shape index (κ2) is 11.9. The van der Waals surface area contributed by atoms with Gasteiger partial charge in [0, 0.05) is 11.8 Å². The van der Waals surface area contributed by atoms with Crippen molar-refractivity contribution in [2.45, 2.75) is 53.0 Å². The summed E-state index contributed by atoms with van der Waals surface area (Å²) in [5.41, 5.74) is 4.21. The molecule has 0 aliphatic heterocycles. The molecule has 3 aromatic rings. The molecule has 0 fully saturated rings. The van der Waals surface area contributed by atoms with Crippen molar-refractivity contribution in [3.8, 4) is 5.75 Å². The fraction of sp³-hybridized carbons (Fsp3) is 0.321. The predicted octanol–water partition coefficient (Wildman–Crippen LogP) is 7.74. The van der Waals surface area contributed by atoms with Crippen LogP contribution in [0.2, 0.25) is 5.02 Å². The Kier molecular flexibility index (Phi) is 8.93. The molecule has 0 heterocycles. The lowest BCUT2D eigenvalue weighted by Crippen LogP contribution is -2.35. The minimum atomic E-state index is -0.459. The van der Waals surface area contributed by atoms with Gasteiger partial charge in [0.1, 0.15) is 5.75 Å². The Labute approximate surface area is 217 Å². The minimum absolute atomic E-state index is 0.0991. The van der Waals surface area contributed by atoms with Crippen LogP contribution in [-0.2, 0) is 19.4 Å². The number of ether oxygens (including phenoxy) is 1. The summed E-state index contributed by atoms with van der Waals surface area (Å²) in [5, 5.41) is 15.0. The summed E-state index contributed by atoms with van der Waals surface area (Å²) < 4.78 is 5.25. The molecule has 0 unspecified atom stereocenters. The summed E-state index contributed by atoms with van der Waals surface area (Å²) in [6.07, 6.45) is 0.888. The number of amides is 2. The fourth-order valence-corrected chi connectivity index (χ4v) is 4.48. The first-order valence-electron chi connectivity index (χ1n) is 12.0. The Morgan fingerprint density at radius 2 is 1.67 bits per heavy atom. The van der Waals surface area contributed by atoms with Crippen LogP contribution in [0.5, 0.6) is 5.75 Å². The number of anilines is 2. The van der Waals surface area contributed by atoms with Gasteiger partial charge in [-0.05, 0) is 59.7 Å². The third kappa shape index (κ3) is 5.97. The molecule has 0 saturated carbocycles. The van der Waals surface area contributed by atoms with Gasteiger partial charge in [0.25, 0.3) is 5.69 Å². The van der Waals surface area contributed by atoms with Crippen LogP contribution in [0.15, 0.2) is 54.6 Å². The van der Waals surface area contributed by atoms with E-state index < -0.39 is 11.0 Å². The number of benzene rings is 3. The van der Waals surface area contributed by atoms with Gasteiger partial charge in [0.2, 0.25) is 0 Å². The maximum absolute atomic E-state index is 13.8. The number of hydrogen-bond donors (Lipinski definition) is 1. The summed E-state index contributed by atoms with van der Waals surface area (Å²) in [5.74, 6) is 1.08. The van der Waals surface area contributed by atoms with Gasteiger partial charge in [-0.15, -0.1) is 0 Å². The highest BCUT2D eigenvalue weighted by atomic mass is 35.5. The Hall–Kier alpha value is -3.58. The van der Waals surface area contributed by atoms with Gasteiger partial charge in [-0.1, -0.05) is 63.6 Å². The van der Waals surface area contributed by atoms with Gasteiger partial charge in [-0.2, -0.15) is 0 Å². The van der Waals surface area contributed by atoms with E-state index in [1.807, 2.05) is 62.4 Å². The van der Waals surface area contributed by atoms with E-state index >= 15 is 0 Å². The maximum Gasteiger partial charge on any atom is 0.326 e. The molecular weight excluding hydrogens is 478 g/mol. The first kappa shape index (κ1) is 27.0. The van der Waals surface area contributed by atoms with Gasteiger partial charge in [0.15, 0.2) is 0 Å². The molecule has 2 amide bonds. The molecule has 3 aromatic carbocycles. The highest BCUT2D eigenvalue weighted by Gasteiger charge is 2.26. The molecule has 3 rings (SSSR count). The molecule has 8 heteroatoms. The molecule has 0 aromatic heterocycles. The number of halogens is 1. The lowest BCUT2D eigenvalue weighted by Gasteiger charge is -2.26. The summed E-state index contributed by atoms with van der Waals surface area (Å²) in [4.78, 5) is 26.6. The van der Waals surface area contributed by atoms with Crippen LogP contribution in [0.1, 0.15) is 55.9 Å². The summed E-state index contributed by atoms with van der Waals surface area (Å²) in [6.45, 7) is 8.25. The quantitative estimate of drug-likeness (QED) is 0.236. The van der Waals surface area contributed by atoms with Crippen molar-refractivity contribution in [1.29, 1.82) is 0 Å². The number of nitrogens with one attached hydrogen (secondary N) is 1. The molecule has 0 aliphatic carbocycles. The van der Waals surface area contributed by atoms with Gasteiger partial charge in [0.05, 0.1) is 34.9 Å². The second-order valence-electron chi connectivity index (χ2n) is 8.78. The average Bonchev–Trinajstić information content (AvgIpc) is 2.87. The average molecular weight is 510 g/mol. The molecule has 0 saturated heterocycles. The van der Waals surface area contributed by atoms with E-state index in [-0.39, 0.29) is 10.7 Å². The molecule has 0 spiro atoms. The molecule has 0 atom stereocenters. The first-order chi connectivity index (χ1) is 17.2. The van der Waals surface area contributed by atoms with Crippen molar-refractivity contribution in [2.75, 3.05) is 17.3 Å². The van der Waals surface area contributed by atoms with E-state index in [2.05, 4.69) is 19.2 Å². The van der Waals surface area contributed by atoms with E-state index in [4.69, 9.17) is 16.3 Å². The van der Waals surface area contributed by atoms with Crippen LogP contribution in [0, 0.1) is 10.1 Å². The van der Waals surface area contributed by atoms with E-state index in [0.29, 0.717) is 47.8 Å². The Bertz CT molecular complexity index is 1230. The Morgan fingerprint density at radius 1 is 1.06 bits per heavy atom. The maximum atomic E-state index is 13.8. The normalized spacial score (nSPS) is 10.9. The largest absolute Gasteiger partial charge is 0.497 e. The summed E-state index contributed by atoms with van der Waals surface area (Å²) in [6, 6.07) is 16.3. The van der Waals surface area contributed by atoms with Crippen molar-refractivity contribution in [1.82, 2.24) is 0 Å². The van der Waals surface area contributed by atoms with Crippen LogP contribution in [0.3, 0.4) is 0 Å². The number of methoxy groups -OCH3 is 1. The van der Waals surface area contributed by atoms with Gasteiger partial charge in [-0.25, -0.2) is 4.79 Å². The molecular formula is C28H32ClN3O4. The number of carbonyl (C=O) groups is 1. The zero-order chi connectivity index (χ0) is 26.4.